The molecular weight excluding hydrogens is 232 g/mol. The minimum atomic E-state index is 0.188. The number of hydrazine groups is 1. The van der Waals surface area contributed by atoms with Crippen LogP contribution < -0.4 is 16.6 Å². The van der Waals surface area contributed by atoms with Crippen molar-refractivity contribution in [3.05, 3.63) is 11.8 Å². The summed E-state index contributed by atoms with van der Waals surface area (Å²) in [6.45, 7) is 5.33. The Hall–Kier alpha value is -1.44. The first kappa shape index (κ1) is 13.0. The highest BCUT2D eigenvalue weighted by atomic mass is 16.5. The van der Waals surface area contributed by atoms with Gasteiger partial charge in [-0.2, -0.15) is 4.98 Å². The van der Waals surface area contributed by atoms with Gasteiger partial charge in [0.2, 0.25) is 5.95 Å². The van der Waals surface area contributed by atoms with Crippen molar-refractivity contribution in [3.63, 3.8) is 0 Å². The largest absolute Gasteiger partial charge is 0.374 e. The number of nitrogens with zero attached hydrogens (tertiary/aromatic N) is 3. The average Bonchev–Trinajstić information content (AvgIpc) is 2.36. The van der Waals surface area contributed by atoms with Crippen LogP contribution in [0, 0.1) is 6.92 Å². The molecule has 7 nitrogen and oxygen atoms in total. The number of morpholine rings is 1. The molecule has 0 spiro atoms. The second-order valence-corrected chi connectivity index (χ2v) is 4.50. The summed E-state index contributed by atoms with van der Waals surface area (Å²) in [5.41, 5.74) is 3.31. The van der Waals surface area contributed by atoms with Gasteiger partial charge in [-0.3, -0.25) is 5.43 Å². The van der Waals surface area contributed by atoms with Crippen molar-refractivity contribution in [1.82, 2.24) is 14.9 Å². The Kier molecular flexibility index (Phi) is 4.29. The molecule has 2 rings (SSSR count). The molecule has 0 radical (unpaired) electrons. The van der Waals surface area contributed by atoms with Gasteiger partial charge in [-0.25, -0.2) is 10.8 Å². The summed E-state index contributed by atoms with van der Waals surface area (Å²) in [7, 11) is 2.10. The molecule has 0 saturated carbocycles. The number of nitrogens with two attached hydrogens (primary N) is 1. The summed E-state index contributed by atoms with van der Waals surface area (Å²) >= 11 is 0. The highest BCUT2D eigenvalue weighted by Crippen LogP contribution is 2.10. The normalized spacial score (nSPS) is 20.7. The first-order valence-electron chi connectivity index (χ1n) is 6.03. The van der Waals surface area contributed by atoms with Gasteiger partial charge in [0.25, 0.3) is 0 Å². The summed E-state index contributed by atoms with van der Waals surface area (Å²) in [4.78, 5) is 10.6. The Morgan fingerprint density at radius 2 is 2.39 bits per heavy atom. The smallest absolute Gasteiger partial charge is 0.239 e. The van der Waals surface area contributed by atoms with E-state index in [1.54, 1.807) is 0 Å². The Morgan fingerprint density at radius 3 is 3.11 bits per heavy atom. The molecule has 1 unspecified atom stereocenters. The lowest BCUT2D eigenvalue weighted by molar-refractivity contribution is -0.0117. The van der Waals surface area contributed by atoms with Crippen LogP contribution in [0.4, 0.5) is 11.8 Å². The highest BCUT2D eigenvalue weighted by Gasteiger charge is 2.17. The van der Waals surface area contributed by atoms with Gasteiger partial charge in [0.1, 0.15) is 5.82 Å². The molecule has 7 heteroatoms. The monoisotopic (exact) mass is 252 g/mol. The summed E-state index contributed by atoms with van der Waals surface area (Å²) in [6, 6.07) is 1.88. The number of ether oxygens (including phenoxy) is 1. The van der Waals surface area contributed by atoms with E-state index in [4.69, 9.17) is 10.6 Å². The van der Waals surface area contributed by atoms with E-state index in [2.05, 4.69) is 32.7 Å². The van der Waals surface area contributed by atoms with Gasteiger partial charge in [0.05, 0.1) is 12.7 Å². The van der Waals surface area contributed by atoms with E-state index in [1.165, 1.54) is 0 Å². The lowest BCUT2D eigenvalue weighted by atomic mass is 10.3. The number of aromatic nitrogens is 2. The fraction of sp³-hybridized carbons (Fsp3) is 0.636. The van der Waals surface area contributed by atoms with Gasteiger partial charge in [-0.1, -0.05) is 0 Å². The van der Waals surface area contributed by atoms with Crippen molar-refractivity contribution >= 4 is 11.8 Å². The van der Waals surface area contributed by atoms with Crippen molar-refractivity contribution in [1.29, 1.82) is 0 Å². The van der Waals surface area contributed by atoms with E-state index in [-0.39, 0.29) is 6.10 Å². The highest BCUT2D eigenvalue weighted by molar-refractivity contribution is 5.41. The van der Waals surface area contributed by atoms with E-state index in [0.29, 0.717) is 5.95 Å². The molecule has 0 amide bonds. The molecule has 1 aromatic rings. The standard InChI is InChI=1S/C11H20N6O/c1-8-5-10(15-11(14-8)16-12)13-6-9-7-17(2)3-4-18-9/h5,9H,3-4,6-7,12H2,1-2H3,(H2,13,14,15,16). The van der Waals surface area contributed by atoms with Gasteiger partial charge in [0.15, 0.2) is 0 Å². The van der Waals surface area contributed by atoms with Crippen molar-refractivity contribution in [2.24, 2.45) is 5.84 Å². The number of aryl methyl sites for hydroxylation is 1. The molecule has 1 fully saturated rings. The van der Waals surface area contributed by atoms with Crippen LogP contribution in [-0.2, 0) is 4.74 Å². The summed E-state index contributed by atoms with van der Waals surface area (Å²) < 4.78 is 5.67. The minimum Gasteiger partial charge on any atom is -0.374 e. The number of anilines is 2. The number of rotatable bonds is 4. The molecule has 0 aliphatic carbocycles. The van der Waals surface area contributed by atoms with Crippen LogP contribution in [0.15, 0.2) is 6.07 Å². The first-order chi connectivity index (χ1) is 8.67. The van der Waals surface area contributed by atoms with E-state index in [1.807, 2.05) is 13.0 Å². The van der Waals surface area contributed by atoms with Gasteiger partial charge in [-0.05, 0) is 14.0 Å². The predicted molar refractivity (Wildman–Crippen MR) is 70.3 cm³/mol. The van der Waals surface area contributed by atoms with Gasteiger partial charge in [-0.15, -0.1) is 0 Å². The fourth-order valence-corrected chi connectivity index (χ4v) is 1.93. The number of nitrogen functional groups attached to an aromatic ring is 1. The molecule has 1 aliphatic heterocycles. The number of hydrogen-bond donors (Lipinski definition) is 3. The molecule has 1 atom stereocenters. The van der Waals surface area contributed by atoms with Crippen LogP contribution in [0.2, 0.25) is 0 Å². The summed E-state index contributed by atoms with van der Waals surface area (Å²) in [5.74, 6) is 6.48. The first-order valence-corrected chi connectivity index (χ1v) is 6.03. The predicted octanol–water partition coefficient (Wildman–Crippen LogP) is -0.187. The second-order valence-electron chi connectivity index (χ2n) is 4.50. The zero-order chi connectivity index (χ0) is 13.0. The Morgan fingerprint density at radius 1 is 1.56 bits per heavy atom. The second kappa shape index (κ2) is 5.94. The van der Waals surface area contributed by atoms with Crippen LogP contribution in [0.25, 0.3) is 0 Å². The number of nitrogens with one attached hydrogen (secondary N) is 2. The molecule has 100 valence electrons. The molecule has 1 aliphatic rings. The van der Waals surface area contributed by atoms with Crippen molar-refractivity contribution in [3.8, 4) is 0 Å². The maximum Gasteiger partial charge on any atom is 0.239 e. The third-order valence-corrected chi connectivity index (χ3v) is 2.84. The Bertz CT molecular complexity index is 399. The Labute approximate surface area is 107 Å². The quantitative estimate of drug-likeness (QED) is 0.505. The molecule has 4 N–H and O–H groups in total. The minimum absolute atomic E-state index is 0.188. The zero-order valence-corrected chi connectivity index (χ0v) is 10.8. The average molecular weight is 252 g/mol. The number of likely N-dealkylation sites (N-methyl/N-ethyl adjacent to an activating group) is 1. The van der Waals surface area contributed by atoms with E-state index in [9.17, 15) is 0 Å². The molecule has 2 heterocycles. The van der Waals surface area contributed by atoms with Crippen molar-refractivity contribution < 1.29 is 4.74 Å². The van der Waals surface area contributed by atoms with E-state index < -0.39 is 0 Å². The summed E-state index contributed by atoms with van der Waals surface area (Å²) in [5, 5.41) is 3.25. The van der Waals surface area contributed by atoms with Gasteiger partial charge in [0, 0.05) is 31.4 Å². The topological polar surface area (TPSA) is 88.3 Å². The van der Waals surface area contributed by atoms with Gasteiger partial charge < -0.3 is 15.0 Å². The van der Waals surface area contributed by atoms with Crippen LogP contribution in [0.5, 0.6) is 0 Å². The van der Waals surface area contributed by atoms with Crippen molar-refractivity contribution in [2.75, 3.05) is 44.0 Å². The lowest BCUT2D eigenvalue weighted by Gasteiger charge is -2.30. The molecular formula is C11H20N6O. The third kappa shape index (κ3) is 3.52. The fourth-order valence-electron chi connectivity index (χ4n) is 1.93. The summed E-state index contributed by atoms with van der Waals surface area (Å²) in [6.07, 6.45) is 0.188. The molecule has 1 saturated heterocycles. The van der Waals surface area contributed by atoms with Crippen LogP contribution in [-0.4, -0.2) is 54.3 Å². The molecule has 1 aromatic heterocycles. The van der Waals surface area contributed by atoms with Crippen LogP contribution in [0.3, 0.4) is 0 Å². The SMILES string of the molecule is Cc1cc(NCC2CN(C)CCO2)nc(NN)n1. The van der Waals surface area contributed by atoms with E-state index in [0.717, 1.165) is 37.8 Å². The maximum atomic E-state index is 5.67. The molecule has 18 heavy (non-hydrogen) atoms. The molecule has 0 bridgehead atoms. The van der Waals surface area contributed by atoms with Crippen LogP contribution in [0.1, 0.15) is 5.69 Å². The van der Waals surface area contributed by atoms with Gasteiger partial charge >= 0.3 is 0 Å². The van der Waals surface area contributed by atoms with Crippen molar-refractivity contribution in [2.45, 2.75) is 13.0 Å². The number of hydrogen-bond acceptors (Lipinski definition) is 7. The zero-order valence-electron chi connectivity index (χ0n) is 10.8. The maximum absolute atomic E-state index is 5.67. The Balaban J connectivity index is 1.91. The van der Waals surface area contributed by atoms with Crippen LogP contribution >= 0.6 is 0 Å². The third-order valence-electron chi connectivity index (χ3n) is 2.84. The van der Waals surface area contributed by atoms with E-state index >= 15 is 0 Å². The lowest BCUT2D eigenvalue weighted by Crippen LogP contribution is -2.43. The molecule has 0 aromatic carbocycles.